The summed E-state index contributed by atoms with van der Waals surface area (Å²) >= 11 is 2.03. The quantitative estimate of drug-likeness (QED) is 0.633. The number of halogens is 1. The largest absolute Gasteiger partial charge is 0.336 e. The van der Waals surface area contributed by atoms with Crippen LogP contribution in [-0.4, -0.2) is 10.4 Å². The fraction of sp³-hybridized carbons (Fsp3) is 0.133. The lowest BCUT2D eigenvalue weighted by atomic mass is 10.1. The van der Waals surface area contributed by atoms with Gasteiger partial charge in [-0.05, 0) is 65.8 Å². The second-order valence-electron chi connectivity index (χ2n) is 4.66. The Morgan fingerprint density at radius 2 is 1.75 bits per heavy atom. The van der Waals surface area contributed by atoms with Gasteiger partial charge in [0, 0.05) is 14.4 Å². The molecule has 104 valence electrons. The molecule has 0 saturated heterocycles. The fourth-order valence-corrected chi connectivity index (χ4v) is 4.87. The number of aryl methyl sites for hydroxylation is 2. The molecule has 3 nitrogen and oxygen atoms in total. The van der Waals surface area contributed by atoms with Crippen LogP contribution in [0.2, 0.25) is 0 Å². The maximum Gasteiger partial charge on any atom is 0.298 e. The first-order valence-corrected chi connectivity index (χ1v) is 8.78. The van der Waals surface area contributed by atoms with E-state index >= 15 is 0 Å². The van der Waals surface area contributed by atoms with Gasteiger partial charge in [-0.3, -0.25) is 9.36 Å². The lowest BCUT2D eigenvalue weighted by Crippen LogP contribution is -2.14. The first-order valence-electron chi connectivity index (χ1n) is 6.04. The van der Waals surface area contributed by atoms with Crippen LogP contribution in [0.4, 0.5) is 0 Å². The van der Waals surface area contributed by atoms with Crippen molar-refractivity contribution < 1.29 is 14.3 Å². The van der Waals surface area contributed by atoms with Gasteiger partial charge >= 0.3 is 0 Å². The number of rotatable bonds is 3. The van der Waals surface area contributed by atoms with Gasteiger partial charge in [0.05, 0.1) is 0 Å². The summed E-state index contributed by atoms with van der Waals surface area (Å²) < 4.78 is 13.2. The van der Waals surface area contributed by atoms with E-state index in [0.717, 1.165) is 11.1 Å². The highest BCUT2D eigenvalue weighted by molar-refractivity contribution is 14.1. The zero-order chi connectivity index (χ0) is 14.9. The maximum absolute atomic E-state index is 12.5. The third kappa shape index (κ3) is 2.87. The molecule has 20 heavy (non-hydrogen) atoms. The summed E-state index contributed by atoms with van der Waals surface area (Å²) in [7, 11) is -4.07. The molecule has 0 aliphatic rings. The van der Waals surface area contributed by atoms with E-state index in [0.29, 0.717) is 9.13 Å². The highest BCUT2D eigenvalue weighted by Crippen LogP contribution is 2.44. The molecule has 0 saturated carbocycles. The van der Waals surface area contributed by atoms with Crippen molar-refractivity contribution in [1.29, 1.82) is 0 Å². The Bertz CT molecular complexity index is 687. The fourth-order valence-electron chi connectivity index (χ4n) is 2.09. The van der Waals surface area contributed by atoms with E-state index in [1.54, 1.807) is 25.1 Å². The Morgan fingerprint density at radius 1 is 1.15 bits per heavy atom. The molecule has 0 aliphatic carbocycles. The Morgan fingerprint density at radius 3 is 2.30 bits per heavy atom. The average molecular weight is 400 g/mol. The minimum absolute atomic E-state index is 0.167. The van der Waals surface area contributed by atoms with Gasteiger partial charge in [0.15, 0.2) is 0 Å². The molecule has 5 heteroatoms. The molecule has 2 aromatic rings. The topological polar surface area (TPSA) is 54.4 Å². The van der Waals surface area contributed by atoms with Crippen molar-refractivity contribution in [2.75, 3.05) is 0 Å². The van der Waals surface area contributed by atoms with E-state index in [1.165, 1.54) is 12.1 Å². The average Bonchev–Trinajstić information content (AvgIpc) is 2.38. The van der Waals surface area contributed by atoms with Gasteiger partial charge in [-0.25, -0.2) is 0 Å². The van der Waals surface area contributed by atoms with E-state index in [9.17, 15) is 14.3 Å². The van der Waals surface area contributed by atoms with Gasteiger partial charge in [0.25, 0.3) is 12.9 Å². The molecule has 1 N–H and O–H groups in total. The summed E-state index contributed by atoms with van der Waals surface area (Å²) in [5.74, 6) is 0. The number of hydrogen-bond donors (Lipinski definition) is 1. The number of benzene rings is 2. The van der Waals surface area contributed by atoms with Crippen molar-refractivity contribution in [2.24, 2.45) is 0 Å². The highest BCUT2D eigenvalue weighted by atomic mass is 127. The van der Waals surface area contributed by atoms with Crippen molar-refractivity contribution in [1.82, 2.24) is 0 Å². The molecule has 2 rings (SSSR count). The first-order chi connectivity index (χ1) is 9.34. The smallest absolute Gasteiger partial charge is 0.298 e. The minimum atomic E-state index is -4.07. The zero-order valence-electron chi connectivity index (χ0n) is 11.1. The number of hydrogen-bond acceptors (Lipinski definition) is 2. The summed E-state index contributed by atoms with van der Waals surface area (Å²) in [6.45, 7) is 3.71. The molecule has 2 aromatic carbocycles. The lowest BCUT2D eigenvalue weighted by molar-refractivity contribution is 0.106. The SMILES string of the molecule is Cc1cc(C)c(C(=O)P(=O)(O)c2ccccc2)c(I)c1. The minimum Gasteiger partial charge on any atom is -0.336 e. The Kier molecular flexibility index (Phi) is 4.47. The second kappa shape index (κ2) is 5.80. The zero-order valence-corrected chi connectivity index (χ0v) is 14.2. The van der Waals surface area contributed by atoms with E-state index in [4.69, 9.17) is 0 Å². The van der Waals surface area contributed by atoms with Crippen LogP contribution >= 0.6 is 30.0 Å². The molecule has 0 heterocycles. The van der Waals surface area contributed by atoms with Crippen LogP contribution in [0.25, 0.3) is 0 Å². The van der Waals surface area contributed by atoms with E-state index in [1.807, 2.05) is 41.6 Å². The predicted octanol–water partition coefficient (Wildman–Crippen LogP) is 3.64. The summed E-state index contributed by atoms with van der Waals surface area (Å²) in [6, 6.07) is 11.8. The summed E-state index contributed by atoms with van der Waals surface area (Å²) in [5.41, 5.74) is 1.39. The Hall–Kier alpha value is -0.970. The van der Waals surface area contributed by atoms with Crippen LogP contribution in [0.3, 0.4) is 0 Å². The monoisotopic (exact) mass is 400 g/mol. The molecule has 0 radical (unpaired) electrons. The van der Waals surface area contributed by atoms with Gasteiger partial charge in [-0.1, -0.05) is 24.3 Å². The van der Waals surface area contributed by atoms with Crippen molar-refractivity contribution >= 4 is 40.8 Å². The normalized spacial score (nSPS) is 13.8. The van der Waals surface area contributed by atoms with Crippen molar-refractivity contribution in [3.05, 3.63) is 62.7 Å². The molecular weight excluding hydrogens is 386 g/mol. The molecule has 1 unspecified atom stereocenters. The molecular formula is C15H14IO3P. The van der Waals surface area contributed by atoms with Crippen molar-refractivity contribution in [3.8, 4) is 0 Å². The number of carbonyl (C=O) groups is 1. The molecule has 0 amide bonds. The predicted molar refractivity (Wildman–Crippen MR) is 88.9 cm³/mol. The van der Waals surface area contributed by atoms with Crippen LogP contribution in [0.15, 0.2) is 42.5 Å². The number of carbonyl (C=O) groups excluding carboxylic acids is 1. The van der Waals surface area contributed by atoms with Crippen LogP contribution in [0.5, 0.6) is 0 Å². The van der Waals surface area contributed by atoms with Gasteiger partial charge in [-0.15, -0.1) is 0 Å². The second-order valence-corrected chi connectivity index (χ2v) is 7.89. The third-order valence-electron chi connectivity index (χ3n) is 3.03. The maximum atomic E-state index is 12.5. The molecule has 0 spiro atoms. The van der Waals surface area contributed by atoms with Gasteiger partial charge < -0.3 is 4.89 Å². The van der Waals surface area contributed by atoms with E-state index < -0.39 is 12.9 Å². The summed E-state index contributed by atoms with van der Waals surface area (Å²) in [6.07, 6.45) is 0. The summed E-state index contributed by atoms with van der Waals surface area (Å²) in [5, 5.41) is 0.167. The van der Waals surface area contributed by atoms with Crippen LogP contribution in [0, 0.1) is 17.4 Å². The van der Waals surface area contributed by atoms with Gasteiger partial charge in [0.2, 0.25) is 0 Å². The van der Waals surface area contributed by atoms with Crippen LogP contribution in [-0.2, 0) is 4.57 Å². The molecule has 0 aromatic heterocycles. The van der Waals surface area contributed by atoms with Gasteiger partial charge in [0.1, 0.15) is 0 Å². The van der Waals surface area contributed by atoms with Gasteiger partial charge in [-0.2, -0.15) is 0 Å². The van der Waals surface area contributed by atoms with E-state index in [2.05, 4.69) is 0 Å². The van der Waals surface area contributed by atoms with Crippen LogP contribution in [0.1, 0.15) is 21.5 Å². The molecule has 1 atom stereocenters. The van der Waals surface area contributed by atoms with Crippen molar-refractivity contribution in [3.63, 3.8) is 0 Å². The van der Waals surface area contributed by atoms with Crippen molar-refractivity contribution in [2.45, 2.75) is 13.8 Å². The third-order valence-corrected chi connectivity index (χ3v) is 5.65. The molecule has 0 fully saturated rings. The molecule has 0 bridgehead atoms. The molecule has 0 aliphatic heterocycles. The highest BCUT2D eigenvalue weighted by Gasteiger charge is 2.34. The lowest BCUT2D eigenvalue weighted by Gasteiger charge is -2.14. The Balaban J connectivity index is 2.55. The first kappa shape index (κ1) is 15.4. The Labute approximate surface area is 131 Å². The standard InChI is InChI=1S/C15H14IO3P/c1-10-8-11(2)14(13(16)9-10)15(17)20(18,19)12-6-4-3-5-7-12/h3-9H,1-2H3,(H,18,19). The van der Waals surface area contributed by atoms with E-state index in [-0.39, 0.29) is 5.30 Å². The summed E-state index contributed by atoms with van der Waals surface area (Å²) in [4.78, 5) is 22.7. The van der Waals surface area contributed by atoms with Crippen LogP contribution < -0.4 is 5.30 Å².